The van der Waals surface area contributed by atoms with Crippen LogP contribution in [0.1, 0.15) is 6.92 Å². The lowest BCUT2D eigenvalue weighted by Gasteiger charge is -2.14. The molecule has 0 saturated carbocycles. The molecule has 1 atom stereocenters. The molecular weight excluding hydrogens is 305 g/mol. The highest BCUT2D eigenvalue weighted by Crippen LogP contribution is 2.19. The first-order chi connectivity index (χ1) is 9.38. The second kappa shape index (κ2) is 5.90. The predicted molar refractivity (Wildman–Crippen MR) is 73.4 cm³/mol. The fourth-order valence-corrected chi connectivity index (χ4v) is 3.21. The molecule has 0 fully saturated rings. The lowest BCUT2D eigenvalue weighted by molar-refractivity contribution is 0.494. The van der Waals surface area contributed by atoms with Crippen LogP contribution in [0.15, 0.2) is 41.6 Å². The monoisotopic (exact) mass is 317 g/mol. The number of halogens is 2. The molecule has 5 nitrogen and oxygen atoms in total. The fraction of sp³-hybridized carbons (Fsp3) is 0.250. The first kappa shape index (κ1) is 15.0. The van der Waals surface area contributed by atoms with E-state index in [9.17, 15) is 12.8 Å². The molecule has 108 valence electrons. The Bertz CT molecular complexity index is 689. The molecule has 0 radical (unpaired) electrons. The van der Waals surface area contributed by atoms with Gasteiger partial charge in [0.25, 0.3) is 0 Å². The Kier molecular flexibility index (Phi) is 4.42. The molecule has 0 saturated heterocycles. The average Bonchev–Trinajstić information content (AvgIpc) is 2.84. The lowest BCUT2D eigenvalue weighted by Crippen LogP contribution is -2.35. The second-order valence-corrected chi connectivity index (χ2v) is 6.45. The Morgan fingerprint density at radius 1 is 1.50 bits per heavy atom. The zero-order valence-corrected chi connectivity index (χ0v) is 12.2. The van der Waals surface area contributed by atoms with Gasteiger partial charge < -0.3 is 0 Å². The SMILES string of the molecule is C[C@@H](Cn1cccn1)NS(=O)(=O)c1ccc(F)c(Cl)c1. The van der Waals surface area contributed by atoms with E-state index in [0.717, 1.165) is 12.1 Å². The van der Waals surface area contributed by atoms with Gasteiger partial charge in [0.05, 0.1) is 16.5 Å². The van der Waals surface area contributed by atoms with Gasteiger partial charge in [0.15, 0.2) is 0 Å². The molecule has 0 spiro atoms. The van der Waals surface area contributed by atoms with Crippen LogP contribution in [0.25, 0.3) is 0 Å². The van der Waals surface area contributed by atoms with E-state index in [0.29, 0.717) is 6.54 Å². The summed E-state index contributed by atoms with van der Waals surface area (Å²) < 4.78 is 41.4. The van der Waals surface area contributed by atoms with Gasteiger partial charge in [-0.3, -0.25) is 4.68 Å². The molecule has 0 aliphatic carbocycles. The minimum Gasteiger partial charge on any atom is -0.271 e. The first-order valence-electron chi connectivity index (χ1n) is 5.83. The van der Waals surface area contributed by atoms with Crippen molar-refractivity contribution in [3.63, 3.8) is 0 Å². The summed E-state index contributed by atoms with van der Waals surface area (Å²) in [6.07, 6.45) is 3.35. The molecule has 2 rings (SSSR count). The van der Waals surface area contributed by atoms with Crippen molar-refractivity contribution in [3.05, 3.63) is 47.5 Å². The zero-order chi connectivity index (χ0) is 14.8. The third-order valence-corrected chi connectivity index (χ3v) is 4.45. The molecule has 0 bridgehead atoms. The van der Waals surface area contributed by atoms with Crippen LogP contribution in [-0.2, 0) is 16.6 Å². The largest absolute Gasteiger partial charge is 0.271 e. The topological polar surface area (TPSA) is 64.0 Å². The van der Waals surface area contributed by atoms with Gasteiger partial charge in [0.1, 0.15) is 5.82 Å². The summed E-state index contributed by atoms with van der Waals surface area (Å²) in [6, 6.07) is 4.66. The molecule has 0 unspecified atom stereocenters. The van der Waals surface area contributed by atoms with Gasteiger partial charge in [0, 0.05) is 18.4 Å². The number of benzene rings is 1. The highest BCUT2D eigenvalue weighted by Gasteiger charge is 2.19. The Labute approximate surface area is 121 Å². The molecule has 1 N–H and O–H groups in total. The summed E-state index contributed by atoms with van der Waals surface area (Å²) in [5, 5.41) is 3.77. The fourth-order valence-electron chi connectivity index (χ4n) is 1.70. The first-order valence-corrected chi connectivity index (χ1v) is 7.69. The summed E-state index contributed by atoms with van der Waals surface area (Å²) in [6.45, 7) is 2.10. The number of hydrogen-bond donors (Lipinski definition) is 1. The molecule has 0 aliphatic heterocycles. The van der Waals surface area contributed by atoms with E-state index in [1.165, 1.54) is 6.07 Å². The summed E-state index contributed by atoms with van der Waals surface area (Å²) in [5.41, 5.74) is 0. The maximum absolute atomic E-state index is 13.0. The van der Waals surface area contributed by atoms with Crippen LogP contribution < -0.4 is 4.72 Å². The van der Waals surface area contributed by atoms with Crippen molar-refractivity contribution in [2.24, 2.45) is 0 Å². The van der Waals surface area contributed by atoms with Crippen molar-refractivity contribution in [2.75, 3.05) is 0 Å². The Balaban J connectivity index is 2.12. The minimum atomic E-state index is -3.74. The predicted octanol–water partition coefficient (Wildman–Crippen LogP) is 2.04. The van der Waals surface area contributed by atoms with Crippen molar-refractivity contribution < 1.29 is 12.8 Å². The van der Waals surface area contributed by atoms with Crippen LogP contribution in [0.5, 0.6) is 0 Å². The van der Waals surface area contributed by atoms with Crippen LogP contribution in [0.3, 0.4) is 0 Å². The molecule has 8 heteroatoms. The van der Waals surface area contributed by atoms with Gasteiger partial charge in [-0.15, -0.1) is 0 Å². The number of aromatic nitrogens is 2. The molecule has 1 heterocycles. The van der Waals surface area contributed by atoms with Gasteiger partial charge in [-0.1, -0.05) is 11.6 Å². The summed E-state index contributed by atoms with van der Waals surface area (Å²) in [4.78, 5) is -0.0729. The lowest BCUT2D eigenvalue weighted by atomic mass is 10.3. The van der Waals surface area contributed by atoms with E-state index in [4.69, 9.17) is 11.6 Å². The molecule has 0 amide bonds. The Morgan fingerprint density at radius 2 is 2.25 bits per heavy atom. The summed E-state index contributed by atoms with van der Waals surface area (Å²) in [7, 11) is -3.74. The maximum Gasteiger partial charge on any atom is 0.240 e. The van der Waals surface area contributed by atoms with E-state index in [1.807, 2.05) is 0 Å². The Morgan fingerprint density at radius 3 is 2.85 bits per heavy atom. The van der Waals surface area contributed by atoms with Crippen LogP contribution in [0.4, 0.5) is 4.39 Å². The zero-order valence-electron chi connectivity index (χ0n) is 10.6. The van der Waals surface area contributed by atoms with Gasteiger partial charge >= 0.3 is 0 Å². The number of sulfonamides is 1. The third-order valence-electron chi connectivity index (χ3n) is 2.58. The van der Waals surface area contributed by atoms with E-state index in [2.05, 4.69) is 9.82 Å². The molecule has 2 aromatic rings. The molecular formula is C12H13ClFN3O2S. The van der Waals surface area contributed by atoms with Crippen LogP contribution >= 0.6 is 11.6 Å². The van der Waals surface area contributed by atoms with Crippen molar-refractivity contribution >= 4 is 21.6 Å². The van der Waals surface area contributed by atoms with Crippen molar-refractivity contribution in [3.8, 4) is 0 Å². The van der Waals surface area contributed by atoms with Crippen LogP contribution in [-0.4, -0.2) is 24.2 Å². The molecule has 1 aromatic carbocycles. The van der Waals surface area contributed by atoms with Crippen LogP contribution in [0, 0.1) is 5.82 Å². The van der Waals surface area contributed by atoms with Gasteiger partial charge in [-0.05, 0) is 31.2 Å². The van der Waals surface area contributed by atoms with E-state index in [-0.39, 0.29) is 16.0 Å². The van der Waals surface area contributed by atoms with Gasteiger partial charge in [-0.25, -0.2) is 17.5 Å². The van der Waals surface area contributed by atoms with E-state index in [1.54, 1.807) is 30.1 Å². The second-order valence-electron chi connectivity index (χ2n) is 4.33. The number of hydrogen-bond acceptors (Lipinski definition) is 3. The highest BCUT2D eigenvalue weighted by atomic mass is 35.5. The van der Waals surface area contributed by atoms with Gasteiger partial charge in [0.2, 0.25) is 10.0 Å². The number of nitrogens with zero attached hydrogens (tertiary/aromatic N) is 2. The van der Waals surface area contributed by atoms with Crippen molar-refractivity contribution in [1.82, 2.24) is 14.5 Å². The minimum absolute atomic E-state index is 0.0729. The number of nitrogens with one attached hydrogen (secondary N) is 1. The molecule has 0 aliphatic rings. The average molecular weight is 318 g/mol. The Hall–Kier alpha value is -1.44. The van der Waals surface area contributed by atoms with Crippen molar-refractivity contribution in [2.45, 2.75) is 24.4 Å². The normalized spacial score (nSPS) is 13.3. The van der Waals surface area contributed by atoms with E-state index < -0.39 is 15.8 Å². The molecule has 1 aromatic heterocycles. The third kappa shape index (κ3) is 3.56. The van der Waals surface area contributed by atoms with Crippen LogP contribution in [0.2, 0.25) is 5.02 Å². The smallest absolute Gasteiger partial charge is 0.240 e. The summed E-state index contributed by atoms with van der Waals surface area (Å²) in [5.74, 6) is -0.657. The van der Waals surface area contributed by atoms with E-state index >= 15 is 0 Å². The molecule has 20 heavy (non-hydrogen) atoms. The maximum atomic E-state index is 13.0. The summed E-state index contributed by atoms with van der Waals surface area (Å²) >= 11 is 5.59. The van der Waals surface area contributed by atoms with Crippen molar-refractivity contribution in [1.29, 1.82) is 0 Å². The standard InChI is InChI=1S/C12H13ClFN3O2S/c1-9(8-17-6-2-5-15-17)16-20(18,19)10-3-4-12(14)11(13)7-10/h2-7,9,16H,8H2,1H3/t9-/m0/s1. The quantitative estimate of drug-likeness (QED) is 0.918. The van der Waals surface area contributed by atoms with Gasteiger partial charge in [-0.2, -0.15) is 5.10 Å². The highest BCUT2D eigenvalue weighted by molar-refractivity contribution is 7.89. The number of rotatable bonds is 5.